The zero-order valence-electron chi connectivity index (χ0n) is 28.0. The molecule has 1 saturated carbocycles. The summed E-state index contributed by atoms with van der Waals surface area (Å²) in [5.41, 5.74) is 6.37. The van der Waals surface area contributed by atoms with Crippen LogP contribution < -0.4 is 11.1 Å². The lowest BCUT2D eigenvalue weighted by Gasteiger charge is -2.46. The standard InChI is InChI=1S/C33H48N4O14/c1-2-20-21(9-8-18-14-37(11-13-39)15-22(28(43)44)25(18)36-32(34)35-10-5-12-38)23(29(45)49-19-6-3-4-7-19)17-48-30(20)51-31-27(42)33(46,47)26(41)24(16-40)50-31/h2,8-9,15,17,19-21,24,26-27,30-31,38-42,46-47H,1,3-7,10-14,16H2,(H,43,44)(H3,34,35,36). The number of allylic oxidation sites excluding steroid dienone is 1. The third-order valence-corrected chi connectivity index (χ3v) is 8.99. The molecule has 2 fully saturated rings. The number of nitrogens with zero attached hydrogens (tertiary/aromatic N) is 2. The van der Waals surface area contributed by atoms with Gasteiger partial charge < -0.3 is 75.8 Å². The first-order valence-corrected chi connectivity index (χ1v) is 16.7. The van der Waals surface area contributed by atoms with E-state index >= 15 is 0 Å². The number of esters is 1. The molecule has 1 aliphatic carbocycles. The Balaban J connectivity index is 1.74. The van der Waals surface area contributed by atoms with Crippen LogP contribution in [0.1, 0.15) is 32.1 Å². The fraction of sp³-hybridized carbons (Fsp3) is 0.606. The van der Waals surface area contributed by atoms with E-state index in [2.05, 4.69) is 16.9 Å². The van der Waals surface area contributed by atoms with E-state index in [9.17, 15) is 45.3 Å². The summed E-state index contributed by atoms with van der Waals surface area (Å²) in [4.78, 5) is 31.7. The highest BCUT2D eigenvalue weighted by atomic mass is 16.8. The summed E-state index contributed by atoms with van der Waals surface area (Å²) in [5, 5.41) is 82.8. The largest absolute Gasteiger partial charge is 0.478 e. The Hall–Kier alpha value is -3.85. The lowest BCUT2D eigenvalue weighted by atomic mass is 9.83. The van der Waals surface area contributed by atoms with Crippen molar-refractivity contribution in [1.29, 1.82) is 0 Å². The molecule has 0 aromatic rings. The Bertz CT molecular complexity index is 1410. The number of carbonyl (C=O) groups excluding carboxylic acids is 1. The Morgan fingerprint density at radius 1 is 1.14 bits per heavy atom. The number of nitrogens with one attached hydrogen (secondary N) is 1. The van der Waals surface area contributed by atoms with Crippen LogP contribution in [0.5, 0.6) is 0 Å². The number of aliphatic imine (C=N–C) groups is 1. The van der Waals surface area contributed by atoms with Crippen molar-refractivity contribution >= 4 is 17.9 Å². The van der Waals surface area contributed by atoms with Crippen LogP contribution in [-0.4, -0.2) is 146 Å². The first-order valence-electron chi connectivity index (χ1n) is 16.7. The summed E-state index contributed by atoms with van der Waals surface area (Å²) in [7, 11) is 0. The minimum Gasteiger partial charge on any atom is -0.478 e. The van der Waals surface area contributed by atoms with Gasteiger partial charge in [0.25, 0.3) is 0 Å². The molecular weight excluding hydrogens is 676 g/mol. The van der Waals surface area contributed by atoms with Crippen molar-refractivity contribution in [3.8, 4) is 0 Å². The van der Waals surface area contributed by atoms with E-state index in [4.69, 9.17) is 29.8 Å². The summed E-state index contributed by atoms with van der Waals surface area (Å²) in [6, 6.07) is 0. The second-order valence-corrected chi connectivity index (χ2v) is 12.5. The maximum atomic E-state index is 13.6. The maximum Gasteiger partial charge on any atom is 0.339 e. The third-order valence-electron chi connectivity index (χ3n) is 8.99. The van der Waals surface area contributed by atoms with Gasteiger partial charge in [-0.2, -0.15) is 0 Å². The van der Waals surface area contributed by atoms with Crippen LogP contribution in [0.15, 0.2) is 64.7 Å². The van der Waals surface area contributed by atoms with Gasteiger partial charge in [-0.15, -0.1) is 6.58 Å². The molecule has 0 bridgehead atoms. The van der Waals surface area contributed by atoms with Crippen LogP contribution in [0.4, 0.5) is 0 Å². The van der Waals surface area contributed by atoms with E-state index in [1.165, 1.54) is 12.3 Å². The number of aliphatic carboxylic acids is 1. The number of guanidine groups is 1. The van der Waals surface area contributed by atoms with Crippen LogP contribution >= 0.6 is 0 Å². The van der Waals surface area contributed by atoms with Crippen molar-refractivity contribution in [3.63, 3.8) is 0 Å². The van der Waals surface area contributed by atoms with Gasteiger partial charge >= 0.3 is 11.9 Å². The average molecular weight is 725 g/mol. The third kappa shape index (κ3) is 9.53. The maximum absolute atomic E-state index is 13.6. The highest BCUT2D eigenvalue weighted by molar-refractivity contribution is 5.95. The van der Waals surface area contributed by atoms with E-state index in [1.54, 1.807) is 17.1 Å². The molecule has 51 heavy (non-hydrogen) atoms. The van der Waals surface area contributed by atoms with Crippen molar-refractivity contribution in [2.45, 2.75) is 74.9 Å². The van der Waals surface area contributed by atoms with Crippen molar-refractivity contribution < 1.29 is 69.4 Å². The second-order valence-electron chi connectivity index (χ2n) is 12.5. The van der Waals surface area contributed by atoms with Crippen LogP contribution in [0.3, 0.4) is 0 Å². The number of hydrogen-bond acceptors (Lipinski definition) is 15. The number of carbonyl (C=O) groups is 2. The van der Waals surface area contributed by atoms with Gasteiger partial charge in [0.05, 0.1) is 42.2 Å². The van der Waals surface area contributed by atoms with Gasteiger partial charge in [0.2, 0.25) is 12.1 Å². The molecule has 18 heteroatoms. The minimum atomic E-state index is -3.13. The molecular formula is C33H48N4O14. The zero-order valence-corrected chi connectivity index (χ0v) is 28.0. The SMILES string of the molecule is C=CC1C(OC2OC(CO)C(O)C(O)(O)C2O)OC=C(C(=O)OC2CCCC2)C1C=CC1=C(NC(N)=NCCCO)C(C(=O)O)=CN(CCO)C1. The van der Waals surface area contributed by atoms with Gasteiger partial charge in [-0.3, -0.25) is 4.99 Å². The normalized spacial score (nSPS) is 30.1. The number of nitrogens with two attached hydrogens (primary N) is 1. The highest BCUT2D eigenvalue weighted by Crippen LogP contribution is 2.38. The van der Waals surface area contributed by atoms with E-state index in [0.717, 1.165) is 19.1 Å². The van der Waals surface area contributed by atoms with Crippen molar-refractivity contribution in [1.82, 2.24) is 10.2 Å². The molecule has 284 valence electrons. The Labute approximate surface area is 294 Å². The Kier molecular flexibility index (Phi) is 14.1. The number of aliphatic hydroxyl groups excluding tert-OH is 5. The first kappa shape index (κ1) is 39.9. The Morgan fingerprint density at radius 3 is 2.49 bits per heavy atom. The molecule has 0 aromatic carbocycles. The molecule has 3 aliphatic heterocycles. The van der Waals surface area contributed by atoms with Gasteiger partial charge in [-0.1, -0.05) is 18.2 Å². The topological polar surface area (TPSA) is 287 Å². The van der Waals surface area contributed by atoms with E-state index in [-0.39, 0.29) is 61.8 Å². The monoisotopic (exact) mass is 724 g/mol. The van der Waals surface area contributed by atoms with Gasteiger partial charge in [0.15, 0.2) is 18.4 Å². The molecule has 3 heterocycles. The Morgan fingerprint density at radius 2 is 1.86 bits per heavy atom. The molecule has 0 spiro atoms. The van der Waals surface area contributed by atoms with E-state index in [1.807, 2.05) is 0 Å². The lowest BCUT2D eigenvalue weighted by Crippen LogP contribution is -2.68. The smallest absolute Gasteiger partial charge is 0.339 e. The van der Waals surface area contributed by atoms with Crippen molar-refractivity contribution in [2.24, 2.45) is 22.6 Å². The van der Waals surface area contributed by atoms with Gasteiger partial charge in [0.1, 0.15) is 18.3 Å². The number of β-amino-alcohol motifs (C(OH)–C–C–N with tert-alkyl or cyclic N) is 1. The van der Waals surface area contributed by atoms with Crippen molar-refractivity contribution in [2.75, 3.05) is 39.5 Å². The van der Waals surface area contributed by atoms with Crippen LogP contribution in [0.2, 0.25) is 0 Å². The number of carboxylic acids is 1. The lowest BCUT2D eigenvalue weighted by molar-refractivity contribution is -0.404. The number of carboxylic acid groups (broad SMARTS) is 1. The summed E-state index contributed by atoms with van der Waals surface area (Å²) in [6.07, 6.45) is 1.08. The van der Waals surface area contributed by atoms with Gasteiger partial charge in [-0.25, -0.2) is 9.59 Å². The molecule has 4 rings (SSSR count). The molecule has 7 unspecified atom stereocenters. The summed E-state index contributed by atoms with van der Waals surface area (Å²) in [6.45, 7) is 2.97. The molecule has 18 nitrogen and oxygen atoms in total. The van der Waals surface area contributed by atoms with Crippen molar-refractivity contribution in [3.05, 3.63) is 59.7 Å². The summed E-state index contributed by atoms with van der Waals surface area (Å²) < 4.78 is 22.8. The van der Waals surface area contributed by atoms with Gasteiger partial charge in [0, 0.05) is 38.4 Å². The summed E-state index contributed by atoms with van der Waals surface area (Å²) in [5.74, 6) is -7.12. The zero-order chi connectivity index (χ0) is 37.3. The number of hydrogen-bond donors (Lipinski definition) is 10. The van der Waals surface area contributed by atoms with Crippen LogP contribution in [0.25, 0.3) is 0 Å². The summed E-state index contributed by atoms with van der Waals surface area (Å²) >= 11 is 0. The average Bonchev–Trinajstić information content (AvgIpc) is 3.61. The predicted molar refractivity (Wildman–Crippen MR) is 176 cm³/mol. The second kappa shape index (κ2) is 18.1. The number of aliphatic hydroxyl groups is 7. The predicted octanol–water partition coefficient (Wildman–Crippen LogP) is -2.36. The molecule has 0 amide bonds. The van der Waals surface area contributed by atoms with Crippen LogP contribution in [0, 0.1) is 11.8 Å². The van der Waals surface area contributed by atoms with E-state index < -0.39 is 67.1 Å². The fourth-order valence-electron chi connectivity index (χ4n) is 6.20. The fourth-order valence-corrected chi connectivity index (χ4v) is 6.20. The highest BCUT2D eigenvalue weighted by Gasteiger charge is 2.56. The quantitative estimate of drug-likeness (QED) is 0.0211. The molecule has 1 saturated heterocycles. The van der Waals surface area contributed by atoms with Gasteiger partial charge in [-0.05, 0) is 37.7 Å². The first-order chi connectivity index (χ1) is 24.4. The minimum absolute atomic E-state index is 0.0487. The number of ether oxygens (including phenoxy) is 4. The van der Waals surface area contributed by atoms with E-state index in [0.29, 0.717) is 24.8 Å². The molecule has 7 atom stereocenters. The molecule has 0 aromatic heterocycles. The van der Waals surface area contributed by atoms with Crippen LogP contribution in [-0.2, 0) is 28.5 Å². The molecule has 11 N–H and O–H groups in total. The number of rotatable bonds is 15. The molecule has 0 radical (unpaired) electrons. The molecule has 4 aliphatic rings.